The Bertz CT molecular complexity index is 877. The molecular formula is C17H11Cl2NO4. The number of ether oxygens (including phenoxy) is 2. The normalized spacial score (nSPS) is 14.4. The number of nitrogens with two attached hydrogens (primary N) is 1. The summed E-state index contributed by atoms with van der Waals surface area (Å²) in [4.78, 5) is 23.1. The molecule has 0 unspecified atom stereocenters. The zero-order chi connectivity index (χ0) is 17.3. The van der Waals surface area contributed by atoms with Crippen LogP contribution in [-0.2, 0) is 4.79 Å². The summed E-state index contributed by atoms with van der Waals surface area (Å²) in [6.45, 7) is -0.251. The largest absolute Gasteiger partial charge is 0.484 e. The van der Waals surface area contributed by atoms with Gasteiger partial charge in [-0.15, -0.1) is 0 Å². The Morgan fingerprint density at radius 3 is 2.67 bits per heavy atom. The molecule has 24 heavy (non-hydrogen) atoms. The van der Waals surface area contributed by atoms with Crippen LogP contribution in [0.4, 0.5) is 0 Å². The number of primary amides is 1. The third-order valence-corrected chi connectivity index (χ3v) is 4.00. The second-order valence-corrected chi connectivity index (χ2v) is 5.84. The minimum Gasteiger partial charge on any atom is -0.484 e. The molecule has 0 saturated carbocycles. The van der Waals surface area contributed by atoms with Gasteiger partial charge in [0.05, 0.1) is 15.6 Å². The highest BCUT2D eigenvalue weighted by atomic mass is 35.5. The summed E-state index contributed by atoms with van der Waals surface area (Å²) in [5.74, 6) is 0.0603. The van der Waals surface area contributed by atoms with Crippen molar-refractivity contribution in [2.24, 2.45) is 5.73 Å². The van der Waals surface area contributed by atoms with Crippen molar-refractivity contribution in [1.82, 2.24) is 0 Å². The summed E-state index contributed by atoms with van der Waals surface area (Å²) in [5, 5.41) is 0.813. The van der Waals surface area contributed by atoms with E-state index in [2.05, 4.69) is 0 Å². The number of hydrogen-bond acceptors (Lipinski definition) is 4. The van der Waals surface area contributed by atoms with Gasteiger partial charge in [-0.05, 0) is 35.9 Å². The number of rotatable bonds is 4. The van der Waals surface area contributed by atoms with E-state index in [1.165, 1.54) is 6.07 Å². The van der Waals surface area contributed by atoms with Crippen LogP contribution in [0.25, 0.3) is 6.08 Å². The number of allylic oxidation sites excluding steroid dienone is 1. The Kier molecular flexibility index (Phi) is 4.46. The predicted octanol–water partition coefficient (Wildman–Crippen LogP) is 3.47. The van der Waals surface area contributed by atoms with Gasteiger partial charge in [0.15, 0.2) is 12.4 Å². The molecule has 5 nitrogen and oxygen atoms in total. The third-order valence-electron chi connectivity index (χ3n) is 3.26. The molecule has 0 atom stereocenters. The van der Waals surface area contributed by atoms with E-state index in [0.717, 1.165) is 0 Å². The molecule has 122 valence electrons. The Hall–Kier alpha value is -2.50. The number of fused-ring (bicyclic) bond motifs is 1. The molecule has 1 heterocycles. The Morgan fingerprint density at radius 1 is 1.17 bits per heavy atom. The van der Waals surface area contributed by atoms with Gasteiger partial charge in [0.1, 0.15) is 11.5 Å². The fourth-order valence-electron chi connectivity index (χ4n) is 2.17. The zero-order valence-electron chi connectivity index (χ0n) is 12.2. The Balaban J connectivity index is 1.85. The highest BCUT2D eigenvalue weighted by molar-refractivity contribution is 6.42. The van der Waals surface area contributed by atoms with Crippen molar-refractivity contribution >= 4 is 41.0 Å². The molecule has 1 amide bonds. The van der Waals surface area contributed by atoms with Crippen LogP contribution >= 0.6 is 23.2 Å². The average Bonchev–Trinajstić information content (AvgIpc) is 2.84. The van der Waals surface area contributed by atoms with Crippen LogP contribution in [0, 0.1) is 0 Å². The minimum absolute atomic E-state index is 0.162. The van der Waals surface area contributed by atoms with E-state index in [1.54, 1.807) is 36.4 Å². The monoisotopic (exact) mass is 363 g/mol. The maximum atomic E-state index is 12.4. The smallest absolute Gasteiger partial charge is 0.255 e. The van der Waals surface area contributed by atoms with E-state index < -0.39 is 5.91 Å². The van der Waals surface area contributed by atoms with E-state index in [9.17, 15) is 9.59 Å². The SMILES string of the molecule is NC(=O)COc1ccc2c(c1)OC(=Cc1ccc(Cl)c(Cl)c1)C2=O. The lowest BCUT2D eigenvalue weighted by Crippen LogP contribution is -2.19. The van der Waals surface area contributed by atoms with E-state index in [1.807, 2.05) is 0 Å². The van der Waals surface area contributed by atoms with Crippen LogP contribution in [0.3, 0.4) is 0 Å². The number of amides is 1. The van der Waals surface area contributed by atoms with E-state index in [0.29, 0.717) is 32.7 Å². The van der Waals surface area contributed by atoms with Crippen LogP contribution < -0.4 is 15.2 Å². The minimum atomic E-state index is -0.590. The molecular weight excluding hydrogens is 353 g/mol. The number of hydrogen-bond donors (Lipinski definition) is 1. The van der Waals surface area contributed by atoms with Gasteiger partial charge in [-0.25, -0.2) is 0 Å². The van der Waals surface area contributed by atoms with Crippen LogP contribution in [0.1, 0.15) is 15.9 Å². The lowest BCUT2D eigenvalue weighted by molar-refractivity contribution is -0.119. The second kappa shape index (κ2) is 6.55. The summed E-state index contributed by atoms with van der Waals surface area (Å²) in [5.41, 5.74) is 6.12. The van der Waals surface area contributed by atoms with Gasteiger partial charge in [-0.3, -0.25) is 9.59 Å². The summed E-state index contributed by atoms with van der Waals surface area (Å²) in [6.07, 6.45) is 1.58. The Labute approximate surface area is 147 Å². The molecule has 0 bridgehead atoms. The van der Waals surface area contributed by atoms with E-state index >= 15 is 0 Å². The molecule has 2 aromatic rings. The number of Topliss-reactive ketones (excluding diaryl/α,β-unsaturated/α-hetero) is 1. The van der Waals surface area contributed by atoms with E-state index in [-0.39, 0.29) is 18.1 Å². The average molecular weight is 364 g/mol. The highest BCUT2D eigenvalue weighted by Gasteiger charge is 2.27. The first kappa shape index (κ1) is 16.4. The number of ketones is 1. The first-order valence-corrected chi connectivity index (χ1v) is 7.64. The van der Waals surface area contributed by atoms with Gasteiger partial charge >= 0.3 is 0 Å². The van der Waals surface area contributed by atoms with Crippen molar-refractivity contribution in [3.05, 3.63) is 63.3 Å². The maximum absolute atomic E-state index is 12.4. The van der Waals surface area contributed by atoms with Gasteiger partial charge in [-0.1, -0.05) is 29.3 Å². The van der Waals surface area contributed by atoms with Crippen molar-refractivity contribution < 1.29 is 19.1 Å². The zero-order valence-corrected chi connectivity index (χ0v) is 13.7. The highest BCUT2D eigenvalue weighted by Crippen LogP contribution is 2.35. The van der Waals surface area contributed by atoms with Crippen LogP contribution in [0.5, 0.6) is 11.5 Å². The fraction of sp³-hybridized carbons (Fsp3) is 0.0588. The number of carbonyl (C=O) groups excluding carboxylic acids is 2. The van der Waals surface area contributed by atoms with Crippen molar-refractivity contribution in [1.29, 1.82) is 0 Å². The Morgan fingerprint density at radius 2 is 1.96 bits per heavy atom. The second-order valence-electron chi connectivity index (χ2n) is 5.03. The first-order chi connectivity index (χ1) is 11.4. The van der Waals surface area contributed by atoms with Gasteiger partial charge in [0.2, 0.25) is 5.78 Å². The molecule has 0 aromatic heterocycles. The van der Waals surface area contributed by atoms with Gasteiger partial charge < -0.3 is 15.2 Å². The first-order valence-electron chi connectivity index (χ1n) is 6.88. The molecule has 0 aliphatic carbocycles. The summed E-state index contributed by atoms with van der Waals surface area (Å²) in [7, 11) is 0. The van der Waals surface area contributed by atoms with Crippen molar-refractivity contribution in [3.8, 4) is 11.5 Å². The van der Waals surface area contributed by atoms with Crippen molar-refractivity contribution in [2.75, 3.05) is 6.61 Å². The van der Waals surface area contributed by atoms with Crippen LogP contribution in [-0.4, -0.2) is 18.3 Å². The molecule has 2 N–H and O–H groups in total. The molecule has 0 saturated heterocycles. The molecule has 2 aromatic carbocycles. The molecule has 1 aliphatic heterocycles. The molecule has 1 aliphatic rings. The summed E-state index contributed by atoms with van der Waals surface area (Å²) in [6, 6.07) is 9.68. The van der Waals surface area contributed by atoms with Crippen LogP contribution in [0.15, 0.2) is 42.2 Å². The number of benzene rings is 2. The maximum Gasteiger partial charge on any atom is 0.255 e. The lowest BCUT2D eigenvalue weighted by atomic mass is 10.1. The molecule has 0 radical (unpaired) electrons. The van der Waals surface area contributed by atoms with Crippen LogP contribution in [0.2, 0.25) is 10.0 Å². The predicted molar refractivity (Wildman–Crippen MR) is 90.5 cm³/mol. The quantitative estimate of drug-likeness (QED) is 0.843. The van der Waals surface area contributed by atoms with E-state index in [4.69, 9.17) is 38.4 Å². The molecule has 3 rings (SSSR count). The standard InChI is InChI=1S/C17H11Cl2NO4/c18-12-4-1-9(5-13(12)19)6-15-17(22)11-3-2-10(7-14(11)24-15)23-8-16(20)21/h1-7H,8H2,(H2,20,21). The topological polar surface area (TPSA) is 78.6 Å². The molecule has 0 fully saturated rings. The fourth-order valence-corrected chi connectivity index (χ4v) is 2.47. The number of carbonyl (C=O) groups is 2. The molecule has 7 heteroatoms. The van der Waals surface area contributed by atoms with Gasteiger partial charge in [0.25, 0.3) is 5.91 Å². The van der Waals surface area contributed by atoms with Crippen molar-refractivity contribution in [3.63, 3.8) is 0 Å². The summed E-state index contributed by atoms with van der Waals surface area (Å²) >= 11 is 11.8. The summed E-state index contributed by atoms with van der Waals surface area (Å²) < 4.78 is 10.8. The number of halogens is 2. The van der Waals surface area contributed by atoms with Crippen molar-refractivity contribution in [2.45, 2.75) is 0 Å². The van der Waals surface area contributed by atoms with Gasteiger partial charge in [0, 0.05) is 6.07 Å². The molecule has 0 spiro atoms. The lowest BCUT2D eigenvalue weighted by Gasteiger charge is -2.04. The third kappa shape index (κ3) is 3.37. The van der Waals surface area contributed by atoms with Gasteiger partial charge in [-0.2, -0.15) is 0 Å².